The number of carboxylic acids is 1. The number of carbonyl (C=O) groups is 1. The molecule has 0 aliphatic heterocycles. The Morgan fingerprint density at radius 1 is 1.32 bits per heavy atom. The summed E-state index contributed by atoms with van der Waals surface area (Å²) in [6.07, 6.45) is 9.75. The molecule has 2 rings (SSSR count). The van der Waals surface area contributed by atoms with Crippen molar-refractivity contribution in [3.05, 3.63) is 53.6 Å². The van der Waals surface area contributed by atoms with E-state index in [4.69, 9.17) is 16.7 Å². The molecule has 100 valence electrons. The molecule has 1 aliphatic carbocycles. The van der Waals surface area contributed by atoms with E-state index in [0.717, 1.165) is 18.4 Å². The average molecular weight is 277 g/mol. The zero-order chi connectivity index (χ0) is 13.7. The van der Waals surface area contributed by atoms with Crippen molar-refractivity contribution in [1.29, 1.82) is 0 Å². The van der Waals surface area contributed by atoms with Gasteiger partial charge >= 0.3 is 5.97 Å². The van der Waals surface area contributed by atoms with E-state index >= 15 is 0 Å². The maximum absolute atomic E-state index is 10.6. The minimum atomic E-state index is -0.947. The first-order chi connectivity index (χ1) is 9.16. The Morgan fingerprint density at radius 3 is 2.63 bits per heavy atom. The van der Waals surface area contributed by atoms with E-state index in [1.54, 1.807) is 0 Å². The van der Waals surface area contributed by atoms with Crippen molar-refractivity contribution in [2.24, 2.45) is 0 Å². The van der Waals surface area contributed by atoms with Crippen molar-refractivity contribution in [2.45, 2.75) is 31.1 Å². The molecule has 1 aliphatic rings. The summed E-state index contributed by atoms with van der Waals surface area (Å²) in [4.78, 5) is 10.6. The fourth-order valence-corrected chi connectivity index (χ4v) is 2.25. The molecule has 0 amide bonds. The first-order valence-electron chi connectivity index (χ1n) is 6.48. The number of aliphatic carboxylic acids is 1. The van der Waals surface area contributed by atoms with Crippen LogP contribution in [0.5, 0.6) is 0 Å². The van der Waals surface area contributed by atoms with Gasteiger partial charge in [0.15, 0.2) is 0 Å². The third kappa shape index (κ3) is 3.97. The molecule has 0 saturated heterocycles. The van der Waals surface area contributed by atoms with E-state index in [-0.39, 0.29) is 0 Å². The van der Waals surface area contributed by atoms with Crippen LogP contribution < -0.4 is 0 Å². The molecule has 0 radical (unpaired) electrons. The van der Waals surface area contributed by atoms with E-state index in [1.807, 2.05) is 0 Å². The molecule has 0 aromatic heterocycles. The van der Waals surface area contributed by atoms with Gasteiger partial charge in [-0.15, -0.1) is 11.6 Å². The van der Waals surface area contributed by atoms with Gasteiger partial charge in [0, 0.05) is 0 Å². The van der Waals surface area contributed by atoms with Crippen LogP contribution in [-0.4, -0.2) is 16.5 Å². The van der Waals surface area contributed by atoms with Gasteiger partial charge in [-0.2, -0.15) is 0 Å². The van der Waals surface area contributed by atoms with Crippen molar-refractivity contribution in [3.8, 4) is 0 Å². The second kappa shape index (κ2) is 6.58. The third-order valence-corrected chi connectivity index (χ3v) is 3.70. The number of aryl methyl sites for hydroxylation is 1. The summed E-state index contributed by atoms with van der Waals surface area (Å²) in [7, 11) is 0. The Labute approximate surface area is 118 Å². The molecule has 2 nitrogen and oxygen atoms in total. The summed E-state index contributed by atoms with van der Waals surface area (Å²) >= 11 is 5.70. The van der Waals surface area contributed by atoms with Crippen LogP contribution >= 0.6 is 11.6 Å². The Kier molecular flexibility index (Phi) is 4.80. The number of rotatable bonds is 5. The largest absolute Gasteiger partial charge is 0.480 e. The molecule has 0 fully saturated rings. The molecule has 1 unspecified atom stereocenters. The fourth-order valence-electron chi connectivity index (χ4n) is 2.15. The van der Waals surface area contributed by atoms with E-state index in [9.17, 15) is 4.79 Å². The number of alkyl halides is 1. The number of allylic oxidation sites excluding steroid dienone is 4. The SMILES string of the molecule is O=C(O)C(Cl)CCc1ccc(C2=CC=CCC2)cc1. The summed E-state index contributed by atoms with van der Waals surface area (Å²) in [5.41, 5.74) is 3.73. The van der Waals surface area contributed by atoms with Crippen molar-refractivity contribution in [2.75, 3.05) is 0 Å². The van der Waals surface area contributed by atoms with Crippen molar-refractivity contribution in [1.82, 2.24) is 0 Å². The van der Waals surface area contributed by atoms with E-state index in [0.29, 0.717) is 12.8 Å². The predicted molar refractivity (Wildman–Crippen MR) is 78.4 cm³/mol. The number of carboxylic acid groups (broad SMARTS) is 1. The number of hydrogen-bond acceptors (Lipinski definition) is 1. The van der Waals surface area contributed by atoms with Crippen LogP contribution in [0, 0.1) is 0 Å². The van der Waals surface area contributed by atoms with Gasteiger partial charge in [0.25, 0.3) is 0 Å². The van der Waals surface area contributed by atoms with Crippen molar-refractivity contribution >= 4 is 23.1 Å². The fraction of sp³-hybridized carbons (Fsp3) is 0.312. The maximum Gasteiger partial charge on any atom is 0.321 e. The zero-order valence-electron chi connectivity index (χ0n) is 10.7. The second-order valence-electron chi connectivity index (χ2n) is 4.70. The minimum Gasteiger partial charge on any atom is -0.480 e. The summed E-state index contributed by atoms with van der Waals surface area (Å²) in [5, 5.41) is 7.93. The van der Waals surface area contributed by atoms with E-state index in [1.165, 1.54) is 11.1 Å². The summed E-state index contributed by atoms with van der Waals surface area (Å²) in [6, 6.07) is 8.31. The quantitative estimate of drug-likeness (QED) is 0.824. The molecule has 1 atom stereocenters. The highest BCUT2D eigenvalue weighted by molar-refractivity contribution is 6.29. The summed E-state index contributed by atoms with van der Waals surface area (Å²) in [6.45, 7) is 0. The zero-order valence-corrected chi connectivity index (χ0v) is 11.4. The highest BCUT2D eigenvalue weighted by atomic mass is 35.5. The van der Waals surface area contributed by atoms with Crippen LogP contribution in [0.4, 0.5) is 0 Å². The summed E-state index contributed by atoms with van der Waals surface area (Å²) < 4.78 is 0. The van der Waals surface area contributed by atoms with Crippen molar-refractivity contribution < 1.29 is 9.90 Å². The Balaban J connectivity index is 1.97. The van der Waals surface area contributed by atoms with Gasteiger partial charge in [0.2, 0.25) is 0 Å². The normalized spacial score (nSPS) is 15.9. The number of halogens is 1. The van der Waals surface area contributed by atoms with Crippen LogP contribution in [0.1, 0.15) is 30.4 Å². The van der Waals surface area contributed by atoms with Crippen LogP contribution in [0.3, 0.4) is 0 Å². The van der Waals surface area contributed by atoms with Crippen LogP contribution in [0.15, 0.2) is 42.5 Å². The smallest absolute Gasteiger partial charge is 0.321 e. The van der Waals surface area contributed by atoms with Crippen LogP contribution in [0.2, 0.25) is 0 Å². The molecular weight excluding hydrogens is 260 g/mol. The molecule has 0 saturated carbocycles. The number of benzene rings is 1. The molecule has 0 bridgehead atoms. The minimum absolute atomic E-state index is 0.460. The first kappa shape index (κ1) is 13.9. The summed E-state index contributed by atoms with van der Waals surface area (Å²) in [5.74, 6) is -0.947. The van der Waals surface area contributed by atoms with Crippen LogP contribution in [-0.2, 0) is 11.2 Å². The lowest BCUT2D eigenvalue weighted by atomic mass is 9.96. The van der Waals surface area contributed by atoms with Crippen molar-refractivity contribution in [3.63, 3.8) is 0 Å². The van der Waals surface area contributed by atoms with Gasteiger partial charge in [0.1, 0.15) is 5.38 Å². The lowest BCUT2D eigenvalue weighted by Gasteiger charge is -2.10. The lowest BCUT2D eigenvalue weighted by molar-refractivity contribution is -0.136. The predicted octanol–water partition coefficient (Wildman–Crippen LogP) is 4.04. The molecule has 1 N–H and O–H groups in total. The highest BCUT2D eigenvalue weighted by Gasteiger charge is 2.13. The lowest BCUT2D eigenvalue weighted by Crippen LogP contribution is -2.13. The first-order valence-corrected chi connectivity index (χ1v) is 6.92. The topological polar surface area (TPSA) is 37.3 Å². The second-order valence-corrected chi connectivity index (χ2v) is 5.23. The van der Waals surface area contributed by atoms with Crippen LogP contribution in [0.25, 0.3) is 5.57 Å². The Morgan fingerprint density at radius 2 is 2.05 bits per heavy atom. The highest BCUT2D eigenvalue weighted by Crippen LogP contribution is 2.24. The molecule has 0 spiro atoms. The van der Waals surface area contributed by atoms with E-state index in [2.05, 4.69) is 42.5 Å². The van der Waals surface area contributed by atoms with Gasteiger partial charge in [0.05, 0.1) is 0 Å². The van der Waals surface area contributed by atoms with Gasteiger partial charge in [-0.1, -0.05) is 42.5 Å². The standard InChI is InChI=1S/C16H17ClO2/c17-15(16(18)19)11-8-12-6-9-14(10-7-12)13-4-2-1-3-5-13/h1-2,4,6-7,9-10,15H,3,5,8,11H2,(H,18,19). The number of hydrogen-bond donors (Lipinski definition) is 1. The molecule has 19 heavy (non-hydrogen) atoms. The maximum atomic E-state index is 10.6. The molecule has 1 aromatic rings. The molecule has 0 heterocycles. The Bertz CT molecular complexity index is 500. The molecule has 3 heteroatoms. The average Bonchev–Trinajstić information content (AvgIpc) is 2.46. The van der Waals surface area contributed by atoms with E-state index < -0.39 is 11.3 Å². The molecular formula is C16H17ClO2. The van der Waals surface area contributed by atoms with Gasteiger partial charge < -0.3 is 5.11 Å². The van der Waals surface area contributed by atoms with Gasteiger partial charge in [-0.3, -0.25) is 4.79 Å². The monoisotopic (exact) mass is 276 g/mol. The Hall–Kier alpha value is -1.54. The van der Waals surface area contributed by atoms with Gasteiger partial charge in [-0.25, -0.2) is 0 Å². The van der Waals surface area contributed by atoms with Gasteiger partial charge in [-0.05, 0) is 42.4 Å². The third-order valence-electron chi connectivity index (χ3n) is 3.29. The molecule has 1 aromatic carbocycles.